The van der Waals surface area contributed by atoms with Gasteiger partial charge in [-0.2, -0.15) is 8.42 Å². The Hall–Kier alpha value is -3.02. The number of halogens is 1. The van der Waals surface area contributed by atoms with Crippen molar-refractivity contribution < 1.29 is 31.7 Å². The molecule has 11 heteroatoms. The van der Waals surface area contributed by atoms with E-state index in [4.69, 9.17) is 8.92 Å². The van der Waals surface area contributed by atoms with Crippen molar-refractivity contribution in [3.8, 4) is 0 Å². The monoisotopic (exact) mass is 686 g/mol. The van der Waals surface area contributed by atoms with Crippen LogP contribution in [0.3, 0.4) is 0 Å². The first-order valence-corrected chi connectivity index (χ1v) is 17.5. The Morgan fingerprint density at radius 2 is 1.82 bits per heavy atom. The van der Waals surface area contributed by atoms with E-state index in [0.717, 1.165) is 35.8 Å². The summed E-state index contributed by atoms with van der Waals surface area (Å²) >= 11 is 3.31. The fourth-order valence-electron chi connectivity index (χ4n) is 6.29. The molecule has 5 rings (SSSR count). The van der Waals surface area contributed by atoms with E-state index in [1.807, 2.05) is 36.4 Å². The van der Waals surface area contributed by atoms with Crippen LogP contribution in [0.15, 0.2) is 76.1 Å². The van der Waals surface area contributed by atoms with E-state index in [0.29, 0.717) is 12.8 Å². The summed E-state index contributed by atoms with van der Waals surface area (Å²) in [6, 6.07) is 14.0. The third-order valence-corrected chi connectivity index (χ3v) is 10.6. The number of nitrogens with zero attached hydrogens (tertiary/aromatic N) is 1. The highest BCUT2D eigenvalue weighted by Crippen LogP contribution is 2.57. The van der Waals surface area contributed by atoms with E-state index in [1.165, 1.54) is 17.0 Å². The number of fused-ring (bicyclic) bond motifs is 2. The number of benzene rings is 2. The van der Waals surface area contributed by atoms with Gasteiger partial charge in [-0.15, -0.1) is 0 Å². The first-order valence-electron chi connectivity index (χ1n) is 15.3. The number of para-hydroxylation sites is 1. The van der Waals surface area contributed by atoms with Crippen LogP contribution in [0.2, 0.25) is 0 Å². The summed E-state index contributed by atoms with van der Waals surface area (Å²) < 4.78 is 38.1. The van der Waals surface area contributed by atoms with Crippen molar-refractivity contribution in [3.63, 3.8) is 0 Å². The molecule has 3 aliphatic rings. The number of ether oxygens (including phenoxy) is 1. The molecule has 2 aliphatic heterocycles. The van der Waals surface area contributed by atoms with Gasteiger partial charge in [-0.25, -0.2) is 0 Å². The summed E-state index contributed by atoms with van der Waals surface area (Å²) in [7, 11) is -4.16. The number of carbonyl (C=O) groups is 3. The topological polar surface area (TPSA) is 119 Å². The van der Waals surface area contributed by atoms with E-state index in [9.17, 15) is 22.8 Å². The van der Waals surface area contributed by atoms with Gasteiger partial charge in [0, 0.05) is 29.5 Å². The van der Waals surface area contributed by atoms with Crippen LogP contribution in [0.25, 0.3) is 0 Å². The lowest BCUT2D eigenvalue weighted by molar-refractivity contribution is -0.152. The fraction of sp³-hybridized carbons (Fsp3) is 0.485. The number of allylic oxidation sites excluding steroid dienone is 2. The molecule has 0 aromatic heterocycles. The van der Waals surface area contributed by atoms with E-state index in [1.54, 1.807) is 19.1 Å². The molecule has 2 aromatic carbocycles. The molecule has 0 bridgehead atoms. The smallest absolute Gasteiger partial charge is 0.313 e. The fourth-order valence-corrected chi connectivity index (χ4v) is 7.63. The second-order valence-electron chi connectivity index (χ2n) is 11.8. The summed E-state index contributed by atoms with van der Waals surface area (Å²) in [5.41, 5.74) is -0.190. The van der Waals surface area contributed by atoms with Crippen molar-refractivity contribution in [2.75, 3.05) is 18.5 Å². The minimum absolute atomic E-state index is 0.0117. The maximum atomic E-state index is 14.2. The standard InChI is InChI=1S/C33H39BrN2O7S/c1-2-42-32(39)33-20-23(33)11-7-4-3-5-10-14-28(35-25-12-8-6-9-13-25)31(38)36-22-26(19-29(36)30(37)21-33)43-44(40,41)27-17-15-24(34)16-18-27/h6-9,11-13,15-18,23,26,28-29,35H,2-5,10,14,19-22H2,1H3/b11-7-/t23-,26+,28+,29+,33-/m1/s1. The molecule has 9 nitrogen and oxygen atoms in total. The van der Waals surface area contributed by atoms with Crippen LogP contribution >= 0.6 is 15.9 Å². The van der Waals surface area contributed by atoms with Gasteiger partial charge < -0.3 is 15.0 Å². The van der Waals surface area contributed by atoms with Crippen molar-refractivity contribution in [2.45, 2.75) is 81.4 Å². The molecule has 0 radical (unpaired) electrons. The molecule has 236 valence electrons. The summed E-state index contributed by atoms with van der Waals surface area (Å²) in [5, 5.41) is 3.35. The van der Waals surface area contributed by atoms with E-state index < -0.39 is 39.7 Å². The number of anilines is 1. The number of Topliss-reactive ketones (excluding diaryl/α,β-unsaturated/α-hetero) is 1. The second-order valence-corrected chi connectivity index (χ2v) is 14.3. The normalized spacial score (nSPS) is 28.6. The third kappa shape index (κ3) is 7.43. The lowest BCUT2D eigenvalue weighted by atomic mass is 9.91. The first kappa shape index (κ1) is 32.4. The van der Waals surface area contributed by atoms with Crippen molar-refractivity contribution in [1.29, 1.82) is 0 Å². The van der Waals surface area contributed by atoms with Crippen LogP contribution in [-0.2, 0) is 33.4 Å². The lowest BCUT2D eigenvalue weighted by Gasteiger charge is -2.30. The molecule has 0 unspecified atom stereocenters. The average Bonchev–Trinajstić information content (AvgIpc) is 3.54. The maximum Gasteiger partial charge on any atom is 0.313 e. The Kier molecular flexibility index (Phi) is 10.3. The highest BCUT2D eigenvalue weighted by molar-refractivity contribution is 9.10. The van der Waals surface area contributed by atoms with Crippen molar-refractivity contribution in [1.82, 2.24) is 4.90 Å². The summed E-state index contributed by atoms with van der Waals surface area (Å²) in [6.07, 6.45) is 7.67. The minimum atomic E-state index is -4.16. The Labute approximate surface area is 267 Å². The molecular weight excluding hydrogens is 648 g/mol. The number of amides is 1. The molecule has 5 atom stereocenters. The number of hydrogen-bond acceptors (Lipinski definition) is 8. The van der Waals surface area contributed by atoms with Gasteiger partial charge in [0.05, 0.1) is 29.1 Å². The molecular formula is C33H39BrN2O7S. The second kappa shape index (κ2) is 14.0. The molecule has 1 aliphatic carbocycles. The number of hydrogen-bond donors (Lipinski definition) is 1. The highest BCUT2D eigenvalue weighted by Gasteiger charge is 2.61. The van der Waals surface area contributed by atoms with Gasteiger partial charge in [-0.1, -0.05) is 59.1 Å². The maximum absolute atomic E-state index is 14.2. The molecule has 1 N–H and O–H groups in total. The zero-order chi connectivity index (χ0) is 31.3. The predicted octanol–water partition coefficient (Wildman–Crippen LogP) is 5.65. The SMILES string of the molecule is CCOC(=O)[C@]12CC(=O)[C@@H]3C[C@H](OS(=O)(=O)c4ccc(Br)cc4)CN3C(=O)[C@@H](Nc3ccccc3)CCCCC/C=C\[C@@H]1C2. The van der Waals surface area contributed by atoms with Crippen LogP contribution < -0.4 is 5.32 Å². The van der Waals surface area contributed by atoms with Crippen molar-refractivity contribution in [2.24, 2.45) is 11.3 Å². The molecule has 0 spiro atoms. The van der Waals surface area contributed by atoms with E-state index in [-0.39, 0.29) is 48.5 Å². The molecule has 2 aromatic rings. The van der Waals surface area contributed by atoms with Gasteiger partial charge in [0.2, 0.25) is 5.91 Å². The van der Waals surface area contributed by atoms with E-state index >= 15 is 0 Å². The van der Waals surface area contributed by atoms with Crippen LogP contribution in [0.1, 0.15) is 58.3 Å². The predicted molar refractivity (Wildman–Crippen MR) is 169 cm³/mol. The third-order valence-electron chi connectivity index (χ3n) is 8.73. The van der Waals surface area contributed by atoms with Crippen LogP contribution in [0.5, 0.6) is 0 Å². The number of rotatable bonds is 7. The van der Waals surface area contributed by atoms with Gasteiger partial charge in [-0.3, -0.25) is 18.6 Å². The molecule has 1 saturated carbocycles. The summed E-state index contributed by atoms with van der Waals surface area (Å²) in [5.74, 6) is -1.09. The lowest BCUT2D eigenvalue weighted by Crippen LogP contribution is -2.48. The Bertz CT molecular complexity index is 1480. The minimum Gasteiger partial charge on any atom is -0.466 e. The Balaban J connectivity index is 1.45. The van der Waals surface area contributed by atoms with Gasteiger partial charge in [0.25, 0.3) is 10.1 Å². The Morgan fingerprint density at radius 3 is 2.55 bits per heavy atom. The number of ketones is 1. The van der Waals surface area contributed by atoms with Crippen molar-refractivity contribution >= 4 is 49.4 Å². The van der Waals surface area contributed by atoms with Crippen molar-refractivity contribution in [3.05, 3.63) is 71.2 Å². The highest BCUT2D eigenvalue weighted by atomic mass is 79.9. The quantitative estimate of drug-likeness (QED) is 0.225. The van der Waals surface area contributed by atoms with Crippen LogP contribution in [0, 0.1) is 11.3 Å². The molecule has 1 amide bonds. The summed E-state index contributed by atoms with van der Waals surface area (Å²) in [6.45, 7) is 1.88. The molecule has 2 heterocycles. The number of nitrogens with one attached hydrogen (secondary N) is 1. The first-order chi connectivity index (χ1) is 21.1. The van der Waals surface area contributed by atoms with Gasteiger partial charge in [0.15, 0.2) is 5.78 Å². The number of carbonyl (C=O) groups excluding carboxylic acids is 3. The zero-order valence-electron chi connectivity index (χ0n) is 24.8. The van der Waals surface area contributed by atoms with Gasteiger partial charge in [0.1, 0.15) is 6.04 Å². The van der Waals surface area contributed by atoms with Crippen LogP contribution in [-0.4, -0.2) is 62.3 Å². The van der Waals surface area contributed by atoms with Gasteiger partial charge >= 0.3 is 5.97 Å². The molecule has 1 saturated heterocycles. The van der Waals surface area contributed by atoms with Crippen LogP contribution in [0.4, 0.5) is 5.69 Å². The van der Waals surface area contributed by atoms with Gasteiger partial charge in [-0.05, 0) is 74.9 Å². The average molecular weight is 688 g/mol. The molecule has 44 heavy (non-hydrogen) atoms. The van der Waals surface area contributed by atoms with E-state index in [2.05, 4.69) is 27.3 Å². The number of esters is 1. The summed E-state index contributed by atoms with van der Waals surface area (Å²) in [4.78, 5) is 42.9. The zero-order valence-corrected chi connectivity index (χ0v) is 27.2. The molecule has 2 fully saturated rings. The Morgan fingerprint density at radius 1 is 1.07 bits per heavy atom. The largest absolute Gasteiger partial charge is 0.466 e.